The van der Waals surface area contributed by atoms with Gasteiger partial charge in [-0.2, -0.15) is 0 Å². The van der Waals surface area contributed by atoms with Crippen molar-refractivity contribution in [2.24, 2.45) is 0 Å². The van der Waals surface area contributed by atoms with E-state index < -0.39 is 8.80 Å². The van der Waals surface area contributed by atoms with Gasteiger partial charge in [-0.05, 0) is 30.2 Å². The molecule has 0 spiro atoms. The Balaban J connectivity index is 2.35. The minimum Gasteiger partial charge on any atom is -0.497 e. The van der Waals surface area contributed by atoms with Gasteiger partial charge < -0.3 is 22.8 Å². The molecule has 0 atom stereocenters. The standard InChI is InChI=1S/C16H24O6Si/c1-18-15-9-6-14(7-10-15)8-11-16(17)22-12-5-13-23(19-2,20-3)21-4/h6-11H,5,12-13H2,1-4H3/b11-8+. The summed E-state index contributed by atoms with van der Waals surface area (Å²) in [5, 5.41) is 0. The Bertz CT molecular complexity index is 488. The molecule has 0 unspecified atom stereocenters. The lowest BCUT2D eigenvalue weighted by Gasteiger charge is -2.23. The van der Waals surface area contributed by atoms with Crippen LogP contribution in [0, 0.1) is 0 Å². The highest BCUT2D eigenvalue weighted by molar-refractivity contribution is 6.60. The molecule has 7 heteroatoms. The van der Waals surface area contributed by atoms with Crippen molar-refractivity contribution in [2.45, 2.75) is 12.5 Å². The van der Waals surface area contributed by atoms with Crippen LogP contribution in [0.25, 0.3) is 6.08 Å². The maximum atomic E-state index is 11.7. The molecule has 1 aromatic rings. The van der Waals surface area contributed by atoms with Gasteiger partial charge in [0.15, 0.2) is 0 Å². The third kappa shape index (κ3) is 6.53. The summed E-state index contributed by atoms with van der Waals surface area (Å²) in [6.07, 6.45) is 3.71. The maximum Gasteiger partial charge on any atom is 0.500 e. The molecule has 0 aliphatic heterocycles. The zero-order valence-corrected chi connectivity index (χ0v) is 15.0. The van der Waals surface area contributed by atoms with E-state index >= 15 is 0 Å². The van der Waals surface area contributed by atoms with Crippen LogP contribution in [0.5, 0.6) is 5.75 Å². The molecule has 0 fully saturated rings. The topological polar surface area (TPSA) is 63.2 Å². The van der Waals surface area contributed by atoms with E-state index in [0.29, 0.717) is 12.5 Å². The first kappa shape index (κ1) is 19.4. The average molecular weight is 340 g/mol. The van der Waals surface area contributed by atoms with Crippen molar-refractivity contribution in [1.29, 1.82) is 0 Å². The van der Waals surface area contributed by atoms with Crippen molar-refractivity contribution in [2.75, 3.05) is 35.0 Å². The first-order valence-corrected chi connectivity index (χ1v) is 9.16. The summed E-state index contributed by atoms with van der Waals surface area (Å²) < 4.78 is 26.1. The number of carbonyl (C=O) groups is 1. The van der Waals surface area contributed by atoms with Crippen LogP contribution in [0.2, 0.25) is 6.04 Å². The van der Waals surface area contributed by atoms with E-state index in [4.69, 9.17) is 22.8 Å². The van der Waals surface area contributed by atoms with Gasteiger partial charge in [-0.25, -0.2) is 4.79 Å². The van der Waals surface area contributed by atoms with E-state index in [1.54, 1.807) is 34.5 Å². The normalized spacial score (nSPS) is 11.7. The van der Waals surface area contributed by atoms with Gasteiger partial charge in [0, 0.05) is 33.4 Å². The summed E-state index contributed by atoms with van der Waals surface area (Å²) >= 11 is 0. The summed E-state index contributed by atoms with van der Waals surface area (Å²) in [4.78, 5) is 11.7. The van der Waals surface area contributed by atoms with Gasteiger partial charge in [0.2, 0.25) is 0 Å². The number of methoxy groups -OCH3 is 1. The molecule has 6 nitrogen and oxygen atoms in total. The molecule has 1 rings (SSSR count). The Morgan fingerprint density at radius 1 is 1.04 bits per heavy atom. The fourth-order valence-corrected chi connectivity index (χ4v) is 3.63. The molecule has 0 amide bonds. The highest BCUT2D eigenvalue weighted by atomic mass is 28.4. The Labute approximate surface area is 138 Å². The van der Waals surface area contributed by atoms with Crippen LogP contribution < -0.4 is 4.74 Å². The van der Waals surface area contributed by atoms with E-state index in [9.17, 15) is 4.79 Å². The van der Waals surface area contributed by atoms with E-state index in [-0.39, 0.29) is 12.6 Å². The first-order valence-electron chi connectivity index (χ1n) is 7.23. The van der Waals surface area contributed by atoms with Crippen LogP contribution >= 0.6 is 0 Å². The average Bonchev–Trinajstić information content (AvgIpc) is 2.61. The summed E-state index contributed by atoms with van der Waals surface area (Å²) in [7, 11) is 3.69. The fourth-order valence-electron chi connectivity index (χ4n) is 1.95. The smallest absolute Gasteiger partial charge is 0.497 e. The van der Waals surface area contributed by atoms with Gasteiger partial charge >= 0.3 is 14.8 Å². The Kier molecular flexibility index (Phi) is 8.56. The van der Waals surface area contributed by atoms with Crippen molar-refractivity contribution >= 4 is 20.8 Å². The van der Waals surface area contributed by atoms with E-state index in [1.165, 1.54) is 6.08 Å². The second kappa shape index (κ2) is 10.2. The third-order valence-corrected chi connectivity index (χ3v) is 6.16. The van der Waals surface area contributed by atoms with Crippen LogP contribution in [0.4, 0.5) is 0 Å². The van der Waals surface area contributed by atoms with Crippen molar-refractivity contribution in [1.82, 2.24) is 0 Å². The van der Waals surface area contributed by atoms with Gasteiger partial charge in [-0.15, -0.1) is 0 Å². The van der Waals surface area contributed by atoms with Crippen LogP contribution in [-0.4, -0.2) is 49.8 Å². The van der Waals surface area contributed by atoms with Crippen LogP contribution in [-0.2, 0) is 22.8 Å². The maximum absolute atomic E-state index is 11.7. The molecule has 0 saturated carbocycles. The summed E-state index contributed by atoms with van der Waals surface area (Å²) in [5.41, 5.74) is 0.896. The highest BCUT2D eigenvalue weighted by Crippen LogP contribution is 2.15. The van der Waals surface area contributed by atoms with Gasteiger partial charge in [0.05, 0.1) is 13.7 Å². The molecule has 0 aliphatic rings. The van der Waals surface area contributed by atoms with Gasteiger partial charge in [-0.1, -0.05) is 12.1 Å². The Morgan fingerprint density at radius 3 is 2.17 bits per heavy atom. The summed E-state index contributed by atoms with van der Waals surface area (Å²) in [6.45, 7) is 0.288. The van der Waals surface area contributed by atoms with Crippen LogP contribution in [0.1, 0.15) is 12.0 Å². The molecule has 0 aromatic heterocycles. The zero-order chi connectivity index (χ0) is 17.1. The van der Waals surface area contributed by atoms with Crippen LogP contribution in [0.15, 0.2) is 30.3 Å². The molecule has 0 saturated heterocycles. The highest BCUT2D eigenvalue weighted by Gasteiger charge is 2.36. The monoisotopic (exact) mass is 340 g/mol. The second-order valence-electron chi connectivity index (χ2n) is 4.67. The molecule has 128 valence electrons. The van der Waals surface area contributed by atoms with Crippen LogP contribution in [0.3, 0.4) is 0 Å². The lowest BCUT2D eigenvalue weighted by molar-refractivity contribution is -0.137. The quantitative estimate of drug-likeness (QED) is 0.282. The second-order valence-corrected chi connectivity index (χ2v) is 7.76. The summed E-state index contributed by atoms with van der Waals surface area (Å²) in [6, 6.07) is 7.97. The minimum absolute atomic E-state index is 0.288. The minimum atomic E-state index is -2.59. The SMILES string of the molecule is COc1ccc(/C=C/C(=O)OCCC[Si](OC)(OC)OC)cc1. The number of carbonyl (C=O) groups excluding carboxylic acids is 1. The number of esters is 1. The number of ether oxygens (including phenoxy) is 2. The molecule has 0 aliphatic carbocycles. The molecule has 1 aromatic carbocycles. The molecule has 0 radical (unpaired) electrons. The van der Waals surface area contributed by atoms with Crippen molar-refractivity contribution < 1.29 is 27.5 Å². The molecule has 23 heavy (non-hydrogen) atoms. The first-order chi connectivity index (χ1) is 11.1. The number of hydrogen-bond acceptors (Lipinski definition) is 6. The number of rotatable bonds is 10. The van der Waals surface area contributed by atoms with Gasteiger partial charge in [-0.3, -0.25) is 0 Å². The lowest BCUT2D eigenvalue weighted by atomic mass is 10.2. The molecular formula is C16H24O6Si. The summed E-state index contributed by atoms with van der Waals surface area (Å²) in [5.74, 6) is 0.382. The van der Waals surface area contributed by atoms with E-state index in [0.717, 1.165) is 11.3 Å². The molecular weight excluding hydrogens is 316 g/mol. The predicted octanol–water partition coefficient (Wildman–Crippen LogP) is 2.52. The lowest BCUT2D eigenvalue weighted by Crippen LogP contribution is -2.42. The molecule has 0 heterocycles. The molecule has 0 bridgehead atoms. The molecule has 0 N–H and O–H groups in total. The zero-order valence-electron chi connectivity index (χ0n) is 14.0. The van der Waals surface area contributed by atoms with E-state index in [2.05, 4.69) is 0 Å². The van der Waals surface area contributed by atoms with Crippen molar-refractivity contribution in [3.63, 3.8) is 0 Å². The number of hydrogen-bond donors (Lipinski definition) is 0. The number of benzene rings is 1. The van der Waals surface area contributed by atoms with E-state index in [1.807, 2.05) is 24.3 Å². The third-order valence-electron chi connectivity index (χ3n) is 3.33. The Morgan fingerprint density at radius 2 is 1.65 bits per heavy atom. The van der Waals surface area contributed by atoms with Gasteiger partial charge in [0.1, 0.15) is 5.75 Å². The largest absolute Gasteiger partial charge is 0.500 e. The van der Waals surface area contributed by atoms with Crippen molar-refractivity contribution in [3.8, 4) is 5.75 Å². The Hall–Kier alpha value is -1.67. The van der Waals surface area contributed by atoms with Crippen molar-refractivity contribution in [3.05, 3.63) is 35.9 Å². The fraction of sp³-hybridized carbons (Fsp3) is 0.438. The predicted molar refractivity (Wildman–Crippen MR) is 89.2 cm³/mol. The van der Waals surface area contributed by atoms with Gasteiger partial charge in [0.25, 0.3) is 0 Å².